The molecule has 1 aliphatic rings. The van der Waals surface area contributed by atoms with Crippen LogP contribution in [0.1, 0.15) is 42.0 Å². The molecule has 0 spiro atoms. The summed E-state index contributed by atoms with van der Waals surface area (Å²) in [4.78, 5) is 24.8. The lowest BCUT2D eigenvalue weighted by molar-refractivity contribution is -0.139. The molecular formula is C35H35NO7. The minimum absolute atomic E-state index is 0.0638. The zero-order chi connectivity index (χ0) is 30.2. The van der Waals surface area contributed by atoms with E-state index in [0.29, 0.717) is 36.0 Å². The van der Waals surface area contributed by atoms with E-state index in [4.69, 9.17) is 18.9 Å². The fourth-order valence-corrected chi connectivity index (χ4v) is 5.33. The first-order valence-electron chi connectivity index (χ1n) is 14.4. The van der Waals surface area contributed by atoms with Crippen molar-refractivity contribution in [3.63, 3.8) is 0 Å². The first-order chi connectivity index (χ1) is 21.0. The Hall–Kier alpha value is -4.98. The highest BCUT2D eigenvalue weighted by Gasteiger charge is 2.30. The smallest absolute Gasteiger partial charge is 0.407 e. The molecule has 0 heterocycles. The van der Waals surface area contributed by atoms with Gasteiger partial charge in [-0.2, -0.15) is 0 Å². The normalized spacial score (nSPS) is 12.5. The van der Waals surface area contributed by atoms with Crippen molar-refractivity contribution in [2.75, 3.05) is 19.8 Å². The standard InChI is InChI=1S/C35H35NO7/c1-3-40-32-17-16-24(20-33(32)41-4-2)21-42-25-11-9-10-23(18-25)19-31(34(37)38)36-35(39)43-22-30-28-14-7-5-12-26(28)27-13-6-8-15-29(27)30/h5-18,20,30-31H,3-4,19,21-22H2,1-2H3,(H,36,39)(H,37,38). The highest BCUT2D eigenvalue weighted by atomic mass is 16.5. The molecule has 1 atom stereocenters. The van der Waals surface area contributed by atoms with Crippen molar-refractivity contribution in [2.45, 2.75) is 38.8 Å². The van der Waals surface area contributed by atoms with Crippen LogP contribution in [0.3, 0.4) is 0 Å². The maximum atomic E-state index is 12.8. The Kier molecular flexibility index (Phi) is 9.46. The number of fused-ring (bicyclic) bond motifs is 3. The van der Waals surface area contributed by atoms with E-state index in [-0.39, 0.29) is 25.6 Å². The molecule has 0 fully saturated rings. The van der Waals surface area contributed by atoms with Crippen molar-refractivity contribution in [1.29, 1.82) is 0 Å². The van der Waals surface area contributed by atoms with Crippen LogP contribution in [0.4, 0.5) is 4.79 Å². The molecule has 0 aliphatic heterocycles. The van der Waals surface area contributed by atoms with Gasteiger partial charge in [0, 0.05) is 12.3 Å². The van der Waals surface area contributed by atoms with Crippen molar-refractivity contribution in [2.24, 2.45) is 0 Å². The Bertz CT molecular complexity index is 1540. The van der Waals surface area contributed by atoms with E-state index < -0.39 is 18.1 Å². The molecule has 0 aromatic heterocycles. The molecule has 43 heavy (non-hydrogen) atoms. The molecule has 0 saturated heterocycles. The molecule has 0 radical (unpaired) electrons. The lowest BCUT2D eigenvalue weighted by Crippen LogP contribution is -2.42. The van der Waals surface area contributed by atoms with Crippen LogP contribution < -0.4 is 19.5 Å². The quantitative estimate of drug-likeness (QED) is 0.183. The molecule has 222 valence electrons. The van der Waals surface area contributed by atoms with Crippen molar-refractivity contribution in [3.8, 4) is 28.4 Å². The predicted octanol–water partition coefficient (Wildman–Crippen LogP) is 6.60. The lowest BCUT2D eigenvalue weighted by Gasteiger charge is -2.18. The second kappa shape index (κ2) is 13.8. The summed E-state index contributed by atoms with van der Waals surface area (Å²) in [5.41, 5.74) is 6.01. The summed E-state index contributed by atoms with van der Waals surface area (Å²) in [6.07, 6.45) is -0.712. The number of alkyl carbamates (subject to hydrolysis) is 1. The van der Waals surface area contributed by atoms with E-state index in [1.807, 2.05) is 68.4 Å². The van der Waals surface area contributed by atoms with E-state index in [0.717, 1.165) is 27.8 Å². The topological polar surface area (TPSA) is 103 Å². The molecule has 4 aromatic rings. The zero-order valence-electron chi connectivity index (χ0n) is 24.2. The number of rotatable bonds is 13. The third kappa shape index (κ3) is 7.09. The molecule has 8 heteroatoms. The molecular weight excluding hydrogens is 546 g/mol. The van der Waals surface area contributed by atoms with Gasteiger partial charge < -0.3 is 29.4 Å². The van der Waals surface area contributed by atoms with Crippen LogP contribution in [-0.4, -0.2) is 43.0 Å². The zero-order valence-corrected chi connectivity index (χ0v) is 24.2. The van der Waals surface area contributed by atoms with Crippen molar-refractivity contribution >= 4 is 12.1 Å². The molecule has 2 N–H and O–H groups in total. The minimum atomic E-state index is -1.18. The lowest BCUT2D eigenvalue weighted by atomic mass is 9.98. The van der Waals surface area contributed by atoms with E-state index in [1.54, 1.807) is 24.3 Å². The van der Waals surface area contributed by atoms with E-state index in [1.165, 1.54) is 0 Å². The minimum Gasteiger partial charge on any atom is -0.490 e. The van der Waals surface area contributed by atoms with Crippen molar-refractivity contribution in [1.82, 2.24) is 5.32 Å². The van der Waals surface area contributed by atoms with Crippen molar-refractivity contribution in [3.05, 3.63) is 113 Å². The van der Waals surface area contributed by atoms with Gasteiger partial charge in [-0.25, -0.2) is 9.59 Å². The van der Waals surface area contributed by atoms with Gasteiger partial charge in [-0.3, -0.25) is 0 Å². The molecule has 5 rings (SSSR count). The third-order valence-electron chi connectivity index (χ3n) is 7.29. The molecule has 1 aliphatic carbocycles. The van der Waals surface area contributed by atoms with Crippen LogP contribution in [0, 0.1) is 0 Å². The molecule has 0 saturated carbocycles. The highest BCUT2D eigenvalue weighted by Crippen LogP contribution is 2.44. The van der Waals surface area contributed by atoms with Gasteiger partial charge in [-0.05, 0) is 71.5 Å². The summed E-state index contributed by atoms with van der Waals surface area (Å²) in [5, 5.41) is 12.4. The van der Waals surface area contributed by atoms with Gasteiger partial charge in [0.2, 0.25) is 0 Å². The summed E-state index contributed by atoms with van der Waals surface area (Å²) in [7, 11) is 0. The van der Waals surface area contributed by atoms with Crippen LogP contribution >= 0.6 is 0 Å². The van der Waals surface area contributed by atoms with Gasteiger partial charge >= 0.3 is 12.1 Å². The summed E-state index contributed by atoms with van der Waals surface area (Å²) in [6.45, 7) is 5.28. The van der Waals surface area contributed by atoms with Gasteiger partial charge in [0.25, 0.3) is 0 Å². The summed E-state index contributed by atoms with van der Waals surface area (Å²) >= 11 is 0. The number of carbonyl (C=O) groups excluding carboxylic acids is 1. The molecule has 1 amide bonds. The van der Waals surface area contributed by atoms with Crippen LogP contribution in [0.5, 0.6) is 17.2 Å². The number of carboxylic acids is 1. The maximum Gasteiger partial charge on any atom is 0.407 e. The number of carboxylic acid groups (broad SMARTS) is 1. The predicted molar refractivity (Wildman–Crippen MR) is 163 cm³/mol. The van der Waals surface area contributed by atoms with Gasteiger partial charge in [-0.1, -0.05) is 66.7 Å². The monoisotopic (exact) mass is 581 g/mol. The summed E-state index contributed by atoms with van der Waals surface area (Å²) < 4.78 is 22.9. The third-order valence-corrected chi connectivity index (χ3v) is 7.29. The Labute approximate surface area is 251 Å². The Morgan fingerprint density at radius 3 is 2.12 bits per heavy atom. The second-order valence-electron chi connectivity index (χ2n) is 10.1. The Morgan fingerprint density at radius 1 is 0.767 bits per heavy atom. The fourth-order valence-electron chi connectivity index (χ4n) is 5.33. The average molecular weight is 582 g/mol. The SMILES string of the molecule is CCOc1ccc(COc2cccc(CC(NC(=O)OCC3c4ccccc4-c4ccccc43)C(=O)O)c2)cc1OCC. The number of amides is 1. The van der Waals surface area contributed by atoms with E-state index in [9.17, 15) is 14.7 Å². The highest BCUT2D eigenvalue weighted by molar-refractivity contribution is 5.81. The second-order valence-corrected chi connectivity index (χ2v) is 10.1. The van der Waals surface area contributed by atoms with Gasteiger partial charge in [0.15, 0.2) is 11.5 Å². The van der Waals surface area contributed by atoms with Crippen LogP contribution in [-0.2, 0) is 22.6 Å². The maximum absolute atomic E-state index is 12.8. The first-order valence-corrected chi connectivity index (χ1v) is 14.4. The molecule has 8 nitrogen and oxygen atoms in total. The number of hydrogen-bond acceptors (Lipinski definition) is 6. The van der Waals surface area contributed by atoms with Crippen LogP contribution in [0.2, 0.25) is 0 Å². The number of carbonyl (C=O) groups is 2. The van der Waals surface area contributed by atoms with Gasteiger partial charge in [0.05, 0.1) is 13.2 Å². The average Bonchev–Trinajstić information content (AvgIpc) is 3.34. The Balaban J connectivity index is 1.19. The van der Waals surface area contributed by atoms with Gasteiger partial charge in [-0.15, -0.1) is 0 Å². The number of benzene rings is 4. The number of hydrogen-bond donors (Lipinski definition) is 2. The molecule has 4 aromatic carbocycles. The first kappa shape index (κ1) is 29.5. The van der Waals surface area contributed by atoms with E-state index in [2.05, 4.69) is 17.4 Å². The largest absolute Gasteiger partial charge is 0.490 e. The van der Waals surface area contributed by atoms with Crippen LogP contribution in [0.15, 0.2) is 91.0 Å². The fraction of sp³-hybridized carbons (Fsp3) is 0.257. The summed E-state index contributed by atoms with van der Waals surface area (Å²) in [6, 6.07) is 27.7. The number of aliphatic carboxylic acids is 1. The molecule has 0 bridgehead atoms. The molecule has 1 unspecified atom stereocenters. The number of nitrogens with one attached hydrogen (secondary N) is 1. The summed E-state index contributed by atoms with van der Waals surface area (Å²) in [5.74, 6) is 0.643. The van der Waals surface area contributed by atoms with E-state index >= 15 is 0 Å². The Morgan fingerprint density at radius 2 is 1.44 bits per heavy atom. The van der Waals surface area contributed by atoms with Crippen LogP contribution in [0.25, 0.3) is 11.1 Å². The van der Waals surface area contributed by atoms with Crippen molar-refractivity contribution < 1.29 is 33.6 Å². The number of ether oxygens (including phenoxy) is 4. The van der Waals surface area contributed by atoms with Gasteiger partial charge in [0.1, 0.15) is 25.0 Å².